The first kappa shape index (κ1) is 24.3. The molecule has 10 heteroatoms. The number of rotatable bonds is 5. The van der Waals surface area contributed by atoms with E-state index in [2.05, 4.69) is 0 Å². The number of amides is 1. The fourth-order valence-corrected chi connectivity index (χ4v) is 6.11. The van der Waals surface area contributed by atoms with Gasteiger partial charge in [0, 0.05) is 30.2 Å². The van der Waals surface area contributed by atoms with E-state index >= 15 is 0 Å². The van der Waals surface area contributed by atoms with Crippen LogP contribution in [0.15, 0.2) is 60.7 Å². The molecule has 1 fully saturated rings. The summed E-state index contributed by atoms with van der Waals surface area (Å²) in [6.45, 7) is -0.179. The molecule has 4 rings (SSSR count). The molecule has 1 amide bonds. The topological polar surface area (TPSA) is 59.4 Å². The summed E-state index contributed by atoms with van der Waals surface area (Å²) in [4.78, 5) is 14.9. The van der Waals surface area contributed by atoms with E-state index in [9.17, 15) is 26.4 Å². The molecular formula is C24H22ClF3N2O3S. The summed E-state index contributed by atoms with van der Waals surface area (Å²) >= 11 is 5.96. The maximum absolute atomic E-state index is 14.1. The van der Waals surface area contributed by atoms with Gasteiger partial charge in [0.15, 0.2) is 9.84 Å². The lowest BCUT2D eigenvalue weighted by Crippen LogP contribution is -2.39. The van der Waals surface area contributed by atoms with Crippen LogP contribution in [0.5, 0.6) is 0 Å². The van der Waals surface area contributed by atoms with Crippen LogP contribution in [0.4, 0.5) is 13.2 Å². The van der Waals surface area contributed by atoms with Crippen molar-refractivity contribution in [2.45, 2.75) is 25.2 Å². The molecule has 0 saturated carbocycles. The highest BCUT2D eigenvalue weighted by Crippen LogP contribution is 2.38. The molecule has 0 bridgehead atoms. The number of carbonyl (C=O) groups is 1. The molecule has 1 aliphatic heterocycles. The molecule has 3 aromatic rings. The van der Waals surface area contributed by atoms with E-state index in [0.717, 1.165) is 10.6 Å². The Morgan fingerprint density at radius 3 is 2.32 bits per heavy atom. The largest absolute Gasteiger partial charge is 0.431 e. The minimum atomic E-state index is -4.72. The van der Waals surface area contributed by atoms with Crippen molar-refractivity contribution in [2.75, 3.05) is 18.6 Å². The number of hydrogen-bond donors (Lipinski definition) is 0. The number of halogens is 4. The summed E-state index contributed by atoms with van der Waals surface area (Å²) in [6.07, 6.45) is -4.48. The standard InChI is InChI=1S/C24H22ClF3N2O3S/c1-29(19-11-12-34(32,33)15-19)23(31)22-20(17-7-9-18(25)10-8-17)13-21(24(26,27)28)30(22)14-16-5-3-2-4-6-16/h2-10,13,19H,11-12,14-15H2,1H3. The van der Waals surface area contributed by atoms with Crippen molar-refractivity contribution in [3.8, 4) is 11.1 Å². The number of benzene rings is 2. The molecule has 1 atom stereocenters. The zero-order chi connectivity index (χ0) is 24.7. The zero-order valence-electron chi connectivity index (χ0n) is 18.2. The average Bonchev–Trinajstić information content (AvgIpc) is 3.34. The fraction of sp³-hybridized carbons (Fsp3) is 0.292. The quantitative estimate of drug-likeness (QED) is 0.478. The van der Waals surface area contributed by atoms with Crippen molar-refractivity contribution in [3.63, 3.8) is 0 Å². The smallest absolute Gasteiger partial charge is 0.336 e. The molecule has 2 aromatic carbocycles. The van der Waals surface area contributed by atoms with Crippen LogP contribution in [0.3, 0.4) is 0 Å². The van der Waals surface area contributed by atoms with Crippen LogP contribution < -0.4 is 0 Å². The Hall–Kier alpha value is -2.78. The van der Waals surface area contributed by atoms with Gasteiger partial charge in [0.05, 0.1) is 11.5 Å². The Morgan fingerprint density at radius 1 is 1.12 bits per heavy atom. The van der Waals surface area contributed by atoms with Gasteiger partial charge in [0.1, 0.15) is 11.4 Å². The Bertz CT molecular complexity index is 1300. The van der Waals surface area contributed by atoms with E-state index in [1.165, 1.54) is 11.9 Å². The average molecular weight is 511 g/mol. The van der Waals surface area contributed by atoms with Gasteiger partial charge in [-0.25, -0.2) is 8.42 Å². The van der Waals surface area contributed by atoms with Gasteiger partial charge in [0.25, 0.3) is 5.91 Å². The minimum absolute atomic E-state index is 0.0574. The van der Waals surface area contributed by atoms with Gasteiger partial charge in [-0.2, -0.15) is 13.2 Å². The van der Waals surface area contributed by atoms with Crippen LogP contribution in [0.25, 0.3) is 11.1 Å². The summed E-state index contributed by atoms with van der Waals surface area (Å²) in [6, 6.07) is 15.1. The molecule has 34 heavy (non-hydrogen) atoms. The first-order valence-corrected chi connectivity index (χ1v) is 12.7. The second-order valence-electron chi connectivity index (χ2n) is 8.34. The van der Waals surface area contributed by atoms with Crippen LogP contribution in [0, 0.1) is 0 Å². The van der Waals surface area contributed by atoms with Crippen LogP contribution in [-0.2, 0) is 22.6 Å². The van der Waals surface area contributed by atoms with Gasteiger partial charge in [-0.15, -0.1) is 0 Å². The van der Waals surface area contributed by atoms with Crippen molar-refractivity contribution in [3.05, 3.63) is 82.6 Å². The molecule has 1 aromatic heterocycles. The predicted octanol–water partition coefficient (Wildman–Crippen LogP) is 5.13. The van der Waals surface area contributed by atoms with E-state index in [1.807, 2.05) is 0 Å². The van der Waals surface area contributed by atoms with Crippen LogP contribution >= 0.6 is 11.6 Å². The normalized spacial score (nSPS) is 17.6. The molecule has 2 heterocycles. The summed E-state index contributed by atoms with van der Waals surface area (Å²) in [7, 11) is -1.86. The number of sulfone groups is 1. The van der Waals surface area contributed by atoms with Crippen molar-refractivity contribution in [1.29, 1.82) is 0 Å². The Kier molecular flexibility index (Phi) is 6.52. The van der Waals surface area contributed by atoms with Crippen molar-refractivity contribution in [1.82, 2.24) is 9.47 Å². The second-order valence-corrected chi connectivity index (χ2v) is 11.0. The molecule has 0 aliphatic carbocycles. The molecule has 0 N–H and O–H groups in total. The van der Waals surface area contributed by atoms with Crippen molar-refractivity contribution in [2.24, 2.45) is 0 Å². The number of alkyl halides is 3. The van der Waals surface area contributed by atoms with Crippen LogP contribution in [0.1, 0.15) is 28.2 Å². The second kappa shape index (κ2) is 9.11. The summed E-state index contributed by atoms with van der Waals surface area (Å²) in [5.41, 5.74) is -0.0102. The number of carbonyl (C=O) groups excluding carboxylic acids is 1. The van der Waals surface area contributed by atoms with Crippen LogP contribution in [0.2, 0.25) is 5.02 Å². The van der Waals surface area contributed by atoms with E-state index in [4.69, 9.17) is 11.6 Å². The molecule has 1 saturated heterocycles. The highest BCUT2D eigenvalue weighted by Gasteiger charge is 2.40. The predicted molar refractivity (Wildman–Crippen MR) is 125 cm³/mol. The summed E-state index contributed by atoms with van der Waals surface area (Å²) in [5, 5.41) is 0.407. The monoisotopic (exact) mass is 510 g/mol. The van der Waals surface area contributed by atoms with Gasteiger partial charge in [-0.1, -0.05) is 54.1 Å². The molecule has 5 nitrogen and oxygen atoms in total. The molecule has 1 unspecified atom stereocenters. The zero-order valence-corrected chi connectivity index (χ0v) is 19.8. The van der Waals surface area contributed by atoms with Crippen molar-refractivity contribution < 1.29 is 26.4 Å². The third-order valence-electron chi connectivity index (χ3n) is 6.01. The third kappa shape index (κ3) is 5.00. The fourth-order valence-electron chi connectivity index (χ4n) is 4.21. The van der Waals surface area contributed by atoms with Gasteiger partial charge in [-0.3, -0.25) is 4.79 Å². The van der Waals surface area contributed by atoms with Gasteiger partial charge in [0.2, 0.25) is 0 Å². The third-order valence-corrected chi connectivity index (χ3v) is 8.01. The lowest BCUT2D eigenvalue weighted by Gasteiger charge is -2.25. The molecule has 180 valence electrons. The number of hydrogen-bond acceptors (Lipinski definition) is 3. The van der Waals surface area contributed by atoms with Crippen molar-refractivity contribution >= 4 is 27.3 Å². The Morgan fingerprint density at radius 2 is 1.76 bits per heavy atom. The van der Waals surface area contributed by atoms with Crippen LogP contribution in [-0.4, -0.2) is 48.4 Å². The summed E-state index contributed by atoms with van der Waals surface area (Å²) < 4.78 is 67.3. The SMILES string of the molecule is CN(C(=O)c1c(-c2ccc(Cl)cc2)cc(C(F)(F)F)n1Cc1ccccc1)C1CCS(=O)(=O)C1. The van der Waals surface area contributed by atoms with E-state index in [-0.39, 0.29) is 35.7 Å². The summed E-state index contributed by atoms with van der Waals surface area (Å²) in [5.74, 6) is -0.937. The molecule has 0 radical (unpaired) electrons. The van der Waals surface area contributed by atoms with E-state index in [1.54, 1.807) is 54.6 Å². The minimum Gasteiger partial charge on any atom is -0.336 e. The maximum atomic E-state index is 14.1. The number of aromatic nitrogens is 1. The maximum Gasteiger partial charge on any atom is 0.431 e. The Balaban J connectivity index is 1.89. The molecule has 1 aliphatic rings. The van der Waals surface area contributed by atoms with Gasteiger partial charge < -0.3 is 9.47 Å². The van der Waals surface area contributed by atoms with E-state index < -0.39 is 33.7 Å². The highest BCUT2D eigenvalue weighted by atomic mass is 35.5. The lowest BCUT2D eigenvalue weighted by molar-refractivity contribution is -0.143. The molecule has 0 spiro atoms. The highest BCUT2D eigenvalue weighted by molar-refractivity contribution is 7.91. The first-order valence-electron chi connectivity index (χ1n) is 10.5. The first-order chi connectivity index (χ1) is 16.0. The number of nitrogens with zero attached hydrogens (tertiary/aromatic N) is 2. The van der Waals surface area contributed by atoms with E-state index in [0.29, 0.717) is 16.1 Å². The molecular weight excluding hydrogens is 489 g/mol. The van der Waals surface area contributed by atoms with Gasteiger partial charge >= 0.3 is 6.18 Å². The lowest BCUT2D eigenvalue weighted by atomic mass is 10.0. The van der Waals surface area contributed by atoms with Gasteiger partial charge in [-0.05, 0) is 35.7 Å². The Labute approximate surface area is 200 Å².